The highest BCUT2D eigenvalue weighted by atomic mass is 35.5. The zero-order valence-corrected chi connectivity index (χ0v) is 18.2. The molecule has 0 radical (unpaired) electrons. The van der Waals surface area contributed by atoms with Gasteiger partial charge in [0.15, 0.2) is 11.5 Å². The van der Waals surface area contributed by atoms with Crippen LogP contribution in [-0.4, -0.2) is 25.0 Å². The summed E-state index contributed by atoms with van der Waals surface area (Å²) in [5.41, 5.74) is 9.56. The van der Waals surface area contributed by atoms with E-state index in [1.807, 2.05) is 43.5 Å². The zero-order valence-electron chi connectivity index (χ0n) is 17.4. The van der Waals surface area contributed by atoms with Crippen LogP contribution in [0.1, 0.15) is 28.1 Å². The minimum Gasteiger partial charge on any atom is -0.493 e. The molecular weight excluding hydrogens is 386 g/mol. The molecule has 0 aliphatic carbocycles. The summed E-state index contributed by atoms with van der Waals surface area (Å²) in [6.45, 7) is 6.75. The first kappa shape index (κ1) is 20.8. The highest BCUT2D eigenvalue weighted by Gasteiger charge is 2.10. The topological polar surface area (TPSA) is 47.8 Å². The smallest absolute Gasteiger partial charge is 0.161 e. The molecule has 0 amide bonds. The number of aromatic nitrogens is 1. The van der Waals surface area contributed by atoms with Gasteiger partial charge in [-0.3, -0.25) is 0 Å². The van der Waals surface area contributed by atoms with Gasteiger partial charge in [-0.2, -0.15) is 5.10 Å². The molecule has 0 saturated carbocycles. The van der Waals surface area contributed by atoms with Crippen molar-refractivity contribution in [1.29, 1.82) is 0 Å². The van der Waals surface area contributed by atoms with Crippen LogP contribution >= 0.6 is 11.6 Å². The van der Waals surface area contributed by atoms with E-state index in [4.69, 9.17) is 21.1 Å². The maximum absolute atomic E-state index is 6.31. The van der Waals surface area contributed by atoms with Gasteiger partial charge in [-0.1, -0.05) is 23.7 Å². The number of nitrogens with zero attached hydrogens (tertiary/aromatic N) is 2. The molecule has 0 bridgehead atoms. The molecular formula is C23H26ClN3O2. The molecule has 2 aromatic carbocycles. The molecule has 3 aromatic rings. The van der Waals surface area contributed by atoms with Crippen molar-refractivity contribution >= 4 is 17.8 Å². The van der Waals surface area contributed by atoms with E-state index in [1.54, 1.807) is 14.2 Å². The SMILES string of the molecule is COc1ccc(CN/N=C\c2cc(C)n(-c3ccc(C)c(Cl)c3)c2C)cc1OC. The second-order valence-corrected chi connectivity index (χ2v) is 7.28. The summed E-state index contributed by atoms with van der Waals surface area (Å²) in [6, 6.07) is 14.0. The lowest BCUT2D eigenvalue weighted by Crippen LogP contribution is -2.06. The molecule has 0 saturated heterocycles. The van der Waals surface area contributed by atoms with Gasteiger partial charge < -0.3 is 19.5 Å². The van der Waals surface area contributed by atoms with E-state index >= 15 is 0 Å². The third kappa shape index (κ3) is 4.57. The Morgan fingerprint density at radius 1 is 1.00 bits per heavy atom. The van der Waals surface area contributed by atoms with Crippen LogP contribution in [-0.2, 0) is 6.54 Å². The van der Waals surface area contributed by atoms with Crippen molar-refractivity contribution in [1.82, 2.24) is 9.99 Å². The molecule has 0 aliphatic heterocycles. The Morgan fingerprint density at radius 3 is 2.45 bits per heavy atom. The van der Waals surface area contributed by atoms with Crippen molar-refractivity contribution in [3.05, 3.63) is 75.6 Å². The van der Waals surface area contributed by atoms with Gasteiger partial charge in [0.05, 0.1) is 27.0 Å². The normalized spacial score (nSPS) is 11.1. The van der Waals surface area contributed by atoms with E-state index in [0.29, 0.717) is 18.0 Å². The fourth-order valence-electron chi connectivity index (χ4n) is 3.28. The van der Waals surface area contributed by atoms with Gasteiger partial charge in [-0.05, 0) is 62.2 Å². The number of hydrogen-bond donors (Lipinski definition) is 1. The van der Waals surface area contributed by atoms with Gasteiger partial charge in [-0.15, -0.1) is 0 Å². The van der Waals surface area contributed by atoms with Crippen LogP contribution in [0.15, 0.2) is 47.6 Å². The fraction of sp³-hybridized carbons (Fsp3) is 0.261. The predicted molar refractivity (Wildman–Crippen MR) is 119 cm³/mol. The van der Waals surface area contributed by atoms with Gasteiger partial charge in [0.1, 0.15) is 0 Å². The fourth-order valence-corrected chi connectivity index (χ4v) is 3.45. The summed E-state index contributed by atoms with van der Waals surface area (Å²) in [5, 5.41) is 5.15. The zero-order chi connectivity index (χ0) is 21.0. The van der Waals surface area contributed by atoms with Crippen LogP contribution in [0.25, 0.3) is 5.69 Å². The van der Waals surface area contributed by atoms with E-state index in [1.165, 1.54) is 0 Å². The van der Waals surface area contributed by atoms with Crippen molar-refractivity contribution in [2.24, 2.45) is 5.10 Å². The molecule has 152 valence electrons. The van der Waals surface area contributed by atoms with Crippen molar-refractivity contribution in [2.45, 2.75) is 27.3 Å². The van der Waals surface area contributed by atoms with Crippen molar-refractivity contribution in [2.75, 3.05) is 14.2 Å². The first-order chi connectivity index (χ1) is 13.9. The number of halogens is 1. The average molecular weight is 412 g/mol. The molecule has 0 aliphatic rings. The average Bonchev–Trinajstić information content (AvgIpc) is 3.00. The molecule has 3 rings (SSSR count). The highest BCUT2D eigenvalue weighted by molar-refractivity contribution is 6.31. The lowest BCUT2D eigenvalue weighted by molar-refractivity contribution is 0.354. The highest BCUT2D eigenvalue weighted by Crippen LogP contribution is 2.27. The number of methoxy groups -OCH3 is 2. The van der Waals surface area contributed by atoms with Crippen molar-refractivity contribution < 1.29 is 9.47 Å². The summed E-state index contributed by atoms with van der Waals surface area (Å²) >= 11 is 6.31. The molecule has 0 unspecified atom stereocenters. The van der Waals surface area contributed by atoms with E-state index in [9.17, 15) is 0 Å². The number of benzene rings is 2. The second kappa shape index (κ2) is 9.05. The molecule has 0 atom stereocenters. The van der Waals surface area contributed by atoms with Gasteiger partial charge in [0.25, 0.3) is 0 Å². The summed E-state index contributed by atoms with van der Waals surface area (Å²) in [6.07, 6.45) is 1.84. The van der Waals surface area contributed by atoms with Crippen LogP contribution in [0.3, 0.4) is 0 Å². The lowest BCUT2D eigenvalue weighted by Gasteiger charge is -2.11. The number of aryl methyl sites for hydroxylation is 2. The molecule has 0 spiro atoms. The number of hydrogen-bond acceptors (Lipinski definition) is 4. The van der Waals surface area contributed by atoms with Gasteiger partial charge in [0, 0.05) is 27.7 Å². The standard InChI is InChI=1S/C23H26ClN3O2/c1-15-6-8-20(12-21(15)24)27-16(2)10-19(17(27)3)14-26-25-13-18-7-9-22(28-4)23(11-18)29-5/h6-12,14,25H,13H2,1-5H3/b26-14-. The predicted octanol–water partition coefficient (Wildman–Crippen LogP) is 5.20. The van der Waals surface area contributed by atoms with Crippen LogP contribution in [0.4, 0.5) is 0 Å². The van der Waals surface area contributed by atoms with E-state index in [0.717, 1.165) is 38.8 Å². The number of rotatable bonds is 7. The van der Waals surface area contributed by atoms with Crippen molar-refractivity contribution in [3.8, 4) is 17.2 Å². The monoisotopic (exact) mass is 411 g/mol. The van der Waals surface area contributed by atoms with Crippen LogP contribution in [0.2, 0.25) is 5.02 Å². The summed E-state index contributed by atoms with van der Waals surface area (Å²) in [7, 11) is 3.26. The first-order valence-electron chi connectivity index (χ1n) is 9.37. The van der Waals surface area contributed by atoms with Crippen LogP contribution in [0.5, 0.6) is 11.5 Å². The lowest BCUT2D eigenvalue weighted by atomic mass is 10.2. The van der Waals surface area contributed by atoms with Gasteiger partial charge in [-0.25, -0.2) is 0 Å². The summed E-state index contributed by atoms with van der Waals surface area (Å²) in [4.78, 5) is 0. The summed E-state index contributed by atoms with van der Waals surface area (Å²) < 4.78 is 12.8. The second-order valence-electron chi connectivity index (χ2n) is 6.88. The molecule has 1 N–H and O–H groups in total. The molecule has 0 fully saturated rings. The quantitative estimate of drug-likeness (QED) is 0.429. The Kier molecular flexibility index (Phi) is 6.49. The van der Waals surface area contributed by atoms with E-state index in [2.05, 4.69) is 41.1 Å². The Bertz CT molecular complexity index is 1040. The summed E-state index contributed by atoms with van der Waals surface area (Å²) in [5.74, 6) is 1.42. The van der Waals surface area contributed by atoms with Crippen molar-refractivity contribution in [3.63, 3.8) is 0 Å². The van der Waals surface area contributed by atoms with Gasteiger partial charge in [0.2, 0.25) is 0 Å². The third-order valence-corrected chi connectivity index (χ3v) is 5.32. The van der Waals surface area contributed by atoms with Gasteiger partial charge >= 0.3 is 0 Å². The Hall–Kier alpha value is -2.92. The van der Waals surface area contributed by atoms with Crippen LogP contribution < -0.4 is 14.9 Å². The molecule has 1 heterocycles. The molecule has 6 heteroatoms. The Morgan fingerprint density at radius 2 is 1.76 bits per heavy atom. The minimum absolute atomic E-state index is 0.586. The number of hydrazone groups is 1. The van der Waals surface area contributed by atoms with Crippen LogP contribution in [0, 0.1) is 20.8 Å². The minimum atomic E-state index is 0.586. The Balaban J connectivity index is 1.72. The molecule has 5 nitrogen and oxygen atoms in total. The van der Waals surface area contributed by atoms with E-state index < -0.39 is 0 Å². The number of nitrogens with one attached hydrogen (secondary N) is 1. The molecule has 1 aromatic heterocycles. The van der Waals surface area contributed by atoms with E-state index in [-0.39, 0.29) is 0 Å². The Labute approximate surface area is 176 Å². The number of ether oxygens (including phenoxy) is 2. The largest absolute Gasteiger partial charge is 0.493 e. The maximum Gasteiger partial charge on any atom is 0.161 e. The third-order valence-electron chi connectivity index (χ3n) is 4.91. The maximum atomic E-state index is 6.31. The molecule has 29 heavy (non-hydrogen) atoms. The first-order valence-corrected chi connectivity index (χ1v) is 9.74.